The molecule has 0 amide bonds. The van der Waals surface area contributed by atoms with Gasteiger partial charge in [-0.05, 0) is 37.5 Å². The van der Waals surface area contributed by atoms with Gasteiger partial charge in [0.1, 0.15) is 0 Å². The normalized spacial score (nSPS) is 37.5. The molecule has 1 fully saturated rings. The topological polar surface area (TPSA) is 20.2 Å². The Balaban J connectivity index is 2.61. The van der Waals surface area contributed by atoms with E-state index in [1.807, 2.05) is 0 Å². The molecule has 1 saturated carbocycles. The molecule has 0 aromatic heterocycles. The average Bonchev–Trinajstić information content (AvgIpc) is 2.30. The van der Waals surface area contributed by atoms with Crippen LogP contribution in [0.4, 0.5) is 0 Å². The number of rotatable bonds is 2. The van der Waals surface area contributed by atoms with Crippen molar-refractivity contribution in [3.63, 3.8) is 0 Å². The van der Waals surface area contributed by atoms with E-state index >= 15 is 0 Å². The zero-order valence-corrected chi connectivity index (χ0v) is 7.51. The molecular weight excluding hydrogens is 136 g/mol. The van der Waals surface area contributed by atoms with Gasteiger partial charge in [0, 0.05) is 6.61 Å². The summed E-state index contributed by atoms with van der Waals surface area (Å²) in [5.41, 5.74) is 1.24. The zero-order valence-electron chi connectivity index (χ0n) is 7.51. The first-order valence-corrected chi connectivity index (χ1v) is 4.43. The SMILES string of the molecule is C=C(C)[C@H]1CC[C@H](C)[C@@H]1CO. The first kappa shape index (κ1) is 8.79. The standard InChI is InChI=1S/C10H18O/c1-7(2)9-5-4-8(3)10(9)6-11/h8-11H,1,4-6H2,2-3H3/t8-,9+,10-/m0/s1. The third-order valence-corrected chi connectivity index (χ3v) is 3.02. The van der Waals surface area contributed by atoms with Crippen molar-refractivity contribution in [2.75, 3.05) is 6.61 Å². The molecule has 0 unspecified atom stereocenters. The third kappa shape index (κ3) is 1.64. The van der Waals surface area contributed by atoms with Gasteiger partial charge in [-0.25, -0.2) is 0 Å². The Morgan fingerprint density at radius 3 is 2.55 bits per heavy atom. The van der Waals surface area contributed by atoms with E-state index in [1.54, 1.807) is 0 Å². The van der Waals surface area contributed by atoms with Crippen LogP contribution in [0.2, 0.25) is 0 Å². The van der Waals surface area contributed by atoms with Crippen molar-refractivity contribution >= 4 is 0 Å². The first-order valence-electron chi connectivity index (χ1n) is 4.43. The van der Waals surface area contributed by atoms with Gasteiger partial charge in [0.05, 0.1) is 0 Å². The summed E-state index contributed by atoms with van der Waals surface area (Å²) in [6.07, 6.45) is 2.48. The maximum absolute atomic E-state index is 9.11. The van der Waals surface area contributed by atoms with Gasteiger partial charge < -0.3 is 5.11 Å². The summed E-state index contributed by atoms with van der Waals surface area (Å²) in [5, 5.41) is 9.11. The molecule has 64 valence electrons. The van der Waals surface area contributed by atoms with Crippen molar-refractivity contribution < 1.29 is 5.11 Å². The fourth-order valence-electron chi connectivity index (χ4n) is 2.19. The highest BCUT2D eigenvalue weighted by atomic mass is 16.3. The largest absolute Gasteiger partial charge is 0.396 e. The lowest BCUT2D eigenvalue weighted by atomic mass is 9.87. The molecule has 11 heavy (non-hydrogen) atoms. The van der Waals surface area contributed by atoms with Crippen molar-refractivity contribution in [1.29, 1.82) is 0 Å². The Labute approximate surface area is 69.1 Å². The number of aliphatic hydroxyl groups is 1. The van der Waals surface area contributed by atoms with E-state index in [0.29, 0.717) is 24.4 Å². The van der Waals surface area contributed by atoms with Gasteiger partial charge in [0.2, 0.25) is 0 Å². The zero-order chi connectivity index (χ0) is 8.43. The Bertz CT molecular complexity index is 151. The van der Waals surface area contributed by atoms with Crippen molar-refractivity contribution in [2.45, 2.75) is 26.7 Å². The molecule has 1 N–H and O–H groups in total. The monoisotopic (exact) mass is 154 g/mol. The molecule has 0 aromatic rings. The molecule has 3 atom stereocenters. The maximum atomic E-state index is 9.11. The number of hydrogen-bond acceptors (Lipinski definition) is 1. The summed E-state index contributed by atoms with van der Waals surface area (Å²) in [6, 6.07) is 0. The predicted molar refractivity (Wildman–Crippen MR) is 47.3 cm³/mol. The molecule has 0 aliphatic heterocycles. The first-order chi connectivity index (χ1) is 5.16. The van der Waals surface area contributed by atoms with Crippen LogP contribution in [0.15, 0.2) is 12.2 Å². The average molecular weight is 154 g/mol. The summed E-state index contributed by atoms with van der Waals surface area (Å²) in [6.45, 7) is 8.59. The fourth-order valence-corrected chi connectivity index (χ4v) is 2.19. The van der Waals surface area contributed by atoms with Gasteiger partial charge in [0.25, 0.3) is 0 Å². The summed E-state index contributed by atoms with van der Waals surface area (Å²) in [5.74, 6) is 1.74. The lowest BCUT2D eigenvalue weighted by Crippen LogP contribution is -2.17. The minimum absolute atomic E-state index is 0.332. The van der Waals surface area contributed by atoms with E-state index in [4.69, 9.17) is 5.11 Å². The molecule has 1 heteroatoms. The molecule has 0 saturated heterocycles. The van der Waals surface area contributed by atoms with E-state index < -0.39 is 0 Å². The molecule has 0 heterocycles. The van der Waals surface area contributed by atoms with Crippen LogP contribution >= 0.6 is 0 Å². The van der Waals surface area contributed by atoms with Gasteiger partial charge in [-0.3, -0.25) is 0 Å². The Morgan fingerprint density at radius 1 is 1.55 bits per heavy atom. The molecule has 1 rings (SSSR count). The van der Waals surface area contributed by atoms with E-state index in [-0.39, 0.29) is 0 Å². The Hall–Kier alpha value is -0.300. The maximum Gasteiger partial charge on any atom is 0.0467 e. The van der Waals surface area contributed by atoms with Gasteiger partial charge in [-0.2, -0.15) is 0 Å². The summed E-state index contributed by atoms with van der Waals surface area (Å²) in [4.78, 5) is 0. The van der Waals surface area contributed by atoms with Gasteiger partial charge in [0.15, 0.2) is 0 Å². The second-order valence-electron chi connectivity index (χ2n) is 3.85. The highest BCUT2D eigenvalue weighted by Gasteiger charge is 2.32. The molecular formula is C10H18O. The number of allylic oxidation sites excluding steroid dienone is 1. The third-order valence-electron chi connectivity index (χ3n) is 3.02. The lowest BCUT2D eigenvalue weighted by Gasteiger charge is -2.20. The van der Waals surface area contributed by atoms with E-state index in [0.717, 1.165) is 0 Å². The predicted octanol–water partition coefficient (Wildman–Crippen LogP) is 2.22. The van der Waals surface area contributed by atoms with E-state index in [9.17, 15) is 0 Å². The molecule has 1 aliphatic rings. The summed E-state index contributed by atoms with van der Waals surface area (Å²) in [7, 11) is 0. The molecule has 0 bridgehead atoms. The van der Waals surface area contributed by atoms with Crippen LogP contribution in [0.3, 0.4) is 0 Å². The Morgan fingerprint density at radius 2 is 2.18 bits per heavy atom. The van der Waals surface area contributed by atoms with Crippen molar-refractivity contribution in [1.82, 2.24) is 0 Å². The van der Waals surface area contributed by atoms with Crippen LogP contribution in [-0.2, 0) is 0 Å². The molecule has 0 radical (unpaired) electrons. The quantitative estimate of drug-likeness (QED) is 0.605. The second kappa shape index (κ2) is 3.40. The van der Waals surface area contributed by atoms with Crippen molar-refractivity contribution in [3.8, 4) is 0 Å². The molecule has 1 aliphatic carbocycles. The van der Waals surface area contributed by atoms with E-state index in [2.05, 4.69) is 20.4 Å². The lowest BCUT2D eigenvalue weighted by molar-refractivity contribution is 0.178. The van der Waals surface area contributed by atoms with Crippen LogP contribution in [0, 0.1) is 17.8 Å². The van der Waals surface area contributed by atoms with Crippen LogP contribution in [-0.4, -0.2) is 11.7 Å². The fraction of sp³-hybridized carbons (Fsp3) is 0.800. The Kier molecular flexibility index (Phi) is 2.72. The van der Waals surface area contributed by atoms with Gasteiger partial charge in [-0.15, -0.1) is 0 Å². The smallest absolute Gasteiger partial charge is 0.0467 e. The summed E-state index contributed by atoms with van der Waals surface area (Å²) < 4.78 is 0. The van der Waals surface area contributed by atoms with E-state index in [1.165, 1.54) is 18.4 Å². The van der Waals surface area contributed by atoms with Crippen molar-refractivity contribution in [2.24, 2.45) is 17.8 Å². The van der Waals surface area contributed by atoms with Crippen LogP contribution < -0.4 is 0 Å². The van der Waals surface area contributed by atoms with Crippen LogP contribution in [0.5, 0.6) is 0 Å². The van der Waals surface area contributed by atoms with Gasteiger partial charge in [-0.1, -0.05) is 19.1 Å². The number of hydrogen-bond donors (Lipinski definition) is 1. The van der Waals surface area contributed by atoms with Crippen LogP contribution in [0.1, 0.15) is 26.7 Å². The number of aliphatic hydroxyl groups excluding tert-OH is 1. The highest BCUT2D eigenvalue weighted by Crippen LogP contribution is 2.39. The highest BCUT2D eigenvalue weighted by molar-refractivity contribution is 5.03. The second-order valence-corrected chi connectivity index (χ2v) is 3.85. The van der Waals surface area contributed by atoms with Crippen LogP contribution in [0.25, 0.3) is 0 Å². The minimum atomic E-state index is 0.332. The van der Waals surface area contributed by atoms with Crippen molar-refractivity contribution in [3.05, 3.63) is 12.2 Å². The molecule has 0 aromatic carbocycles. The molecule has 0 spiro atoms. The van der Waals surface area contributed by atoms with Gasteiger partial charge >= 0.3 is 0 Å². The summed E-state index contributed by atoms with van der Waals surface area (Å²) >= 11 is 0. The molecule has 1 nitrogen and oxygen atoms in total. The minimum Gasteiger partial charge on any atom is -0.396 e.